The molecule has 0 radical (unpaired) electrons. The molecule has 22 heavy (non-hydrogen) atoms. The van der Waals surface area contributed by atoms with Gasteiger partial charge in [-0.15, -0.1) is 0 Å². The lowest BCUT2D eigenvalue weighted by Crippen LogP contribution is -2.45. The topological polar surface area (TPSA) is 46.9 Å². The van der Waals surface area contributed by atoms with Gasteiger partial charge in [0.05, 0.1) is 17.3 Å². The van der Waals surface area contributed by atoms with Crippen LogP contribution >= 0.6 is 11.6 Å². The van der Waals surface area contributed by atoms with Crippen LogP contribution in [0.4, 0.5) is 5.69 Å². The van der Waals surface area contributed by atoms with Crippen molar-refractivity contribution in [2.45, 2.75) is 44.6 Å². The third-order valence-corrected chi connectivity index (χ3v) is 4.68. The molecule has 1 heterocycles. The minimum Gasteiger partial charge on any atom is -0.323 e. The molecule has 0 saturated heterocycles. The standard InChI is InChI=1S/C17H20ClN3O/c1-12(2)21-11-15(10-19-21)20-16(22)17(8-3-9-17)13-4-6-14(18)7-5-13/h4-7,10-12H,3,8-9H2,1-2H3,(H,20,22). The lowest BCUT2D eigenvalue weighted by Gasteiger charge is -2.40. The highest BCUT2D eigenvalue weighted by Crippen LogP contribution is 2.44. The van der Waals surface area contributed by atoms with Gasteiger partial charge in [-0.05, 0) is 44.4 Å². The van der Waals surface area contributed by atoms with Crippen molar-refractivity contribution >= 4 is 23.2 Å². The highest BCUT2D eigenvalue weighted by atomic mass is 35.5. The molecule has 1 aromatic carbocycles. The van der Waals surface area contributed by atoms with Gasteiger partial charge in [0.25, 0.3) is 0 Å². The molecule has 116 valence electrons. The number of hydrogen-bond donors (Lipinski definition) is 1. The number of aromatic nitrogens is 2. The van der Waals surface area contributed by atoms with Crippen LogP contribution in [-0.4, -0.2) is 15.7 Å². The van der Waals surface area contributed by atoms with E-state index in [1.54, 1.807) is 6.20 Å². The van der Waals surface area contributed by atoms with Crippen LogP contribution in [-0.2, 0) is 10.2 Å². The predicted octanol–water partition coefficient (Wildman–Crippen LogP) is 4.18. The molecule has 5 heteroatoms. The molecule has 1 aliphatic rings. The molecule has 0 aliphatic heterocycles. The van der Waals surface area contributed by atoms with Crippen molar-refractivity contribution in [3.63, 3.8) is 0 Å². The van der Waals surface area contributed by atoms with Gasteiger partial charge in [-0.1, -0.05) is 30.2 Å². The van der Waals surface area contributed by atoms with E-state index in [2.05, 4.69) is 24.3 Å². The summed E-state index contributed by atoms with van der Waals surface area (Å²) in [7, 11) is 0. The van der Waals surface area contributed by atoms with Gasteiger partial charge in [-0.2, -0.15) is 5.10 Å². The Bertz CT molecular complexity index is 671. The van der Waals surface area contributed by atoms with Gasteiger partial charge in [-0.3, -0.25) is 9.48 Å². The van der Waals surface area contributed by atoms with Gasteiger partial charge >= 0.3 is 0 Å². The van der Waals surface area contributed by atoms with Crippen molar-refractivity contribution in [3.05, 3.63) is 47.2 Å². The molecule has 3 rings (SSSR count). The molecule has 1 saturated carbocycles. The zero-order chi connectivity index (χ0) is 15.7. The lowest BCUT2D eigenvalue weighted by atomic mass is 9.64. The van der Waals surface area contributed by atoms with E-state index < -0.39 is 5.41 Å². The average Bonchev–Trinajstić information content (AvgIpc) is 2.88. The molecular weight excluding hydrogens is 298 g/mol. The summed E-state index contributed by atoms with van der Waals surface area (Å²) < 4.78 is 1.84. The van der Waals surface area contributed by atoms with Gasteiger partial charge in [0, 0.05) is 17.3 Å². The fourth-order valence-electron chi connectivity index (χ4n) is 2.88. The molecule has 1 aromatic heterocycles. The lowest BCUT2D eigenvalue weighted by molar-refractivity contribution is -0.124. The van der Waals surface area contributed by atoms with Crippen molar-refractivity contribution in [1.82, 2.24) is 9.78 Å². The van der Waals surface area contributed by atoms with Crippen molar-refractivity contribution in [1.29, 1.82) is 0 Å². The van der Waals surface area contributed by atoms with E-state index in [1.807, 2.05) is 35.1 Å². The summed E-state index contributed by atoms with van der Waals surface area (Å²) in [6, 6.07) is 7.89. The first-order valence-corrected chi connectivity index (χ1v) is 8.01. The van der Waals surface area contributed by atoms with Crippen LogP contribution < -0.4 is 5.32 Å². The quantitative estimate of drug-likeness (QED) is 0.919. The van der Waals surface area contributed by atoms with Crippen LogP contribution in [0.15, 0.2) is 36.7 Å². The molecule has 1 aliphatic carbocycles. The van der Waals surface area contributed by atoms with Crippen LogP contribution in [0.1, 0.15) is 44.7 Å². The van der Waals surface area contributed by atoms with E-state index in [1.165, 1.54) is 0 Å². The SMILES string of the molecule is CC(C)n1cc(NC(=O)C2(c3ccc(Cl)cc3)CCC2)cn1. The summed E-state index contributed by atoms with van der Waals surface area (Å²) in [5, 5.41) is 7.97. The third-order valence-electron chi connectivity index (χ3n) is 4.43. The maximum absolute atomic E-state index is 12.8. The first-order valence-electron chi connectivity index (χ1n) is 7.63. The van der Waals surface area contributed by atoms with Crippen molar-refractivity contribution in [2.24, 2.45) is 0 Å². The zero-order valence-electron chi connectivity index (χ0n) is 12.8. The minimum absolute atomic E-state index is 0.0457. The Labute approximate surface area is 135 Å². The van der Waals surface area contributed by atoms with E-state index in [0.717, 1.165) is 30.5 Å². The second-order valence-corrected chi connectivity index (χ2v) is 6.64. The van der Waals surface area contributed by atoms with Crippen LogP contribution in [0.3, 0.4) is 0 Å². The van der Waals surface area contributed by atoms with Gasteiger partial charge < -0.3 is 5.32 Å². The van der Waals surface area contributed by atoms with Crippen LogP contribution in [0.25, 0.3) is 0 Å². The smallest absolute Gasteiger partial charge is 0.235 e. The maximum atomic E-state index is 12.8. The Balaban J connectivity index is 1.80. The number of halogens is 1. The summed E-state index contributed by atoms with van der Waals surface area (Å²) in [5.74, 6) is 0.0457. The Morgan fingerprint density at radius 1 is 1.32 bits per heavy atom. The third kappa shape index (κ3) is 2.63. The Hall–Kier alpha value is -1.81. The Morgan fingerprint density at radius 2 is 2.00 bits per heavy atom. The van der Waals surface area contributed by atoms with Crippen molar-refractivity contribution in [3.8, 4) is 0 Å². The van der Waals surface area contributed by atoms with E-state index in [0.29, 0.717) is 5.02 Å². The predicted molar refractivity (Wildman–Crippen MR) is 88.2 cm³/mol. The maximum Gasteiger partial charge on any atom is 0.235 e. The van der Waals surface area contributed by atoms with Gasteiger partial charge in [0.15, 0.2) is 0 Å². The average molecular weight is 318 g/mol. The highest BCUT2D eigenvalue weighted by molar-refractivity contribution is 6.30. The van der Waals surface area contributed by atoms with Crippen molar-refractivity contribution in [2.75, 3.05) is 5.32 Å². The fourth-order valence-corrected chi connectivity index (χ4v) is 3.01. The summed E-state index contributed by atoms with van der Waals surface area (Å²) in [6.45, 7) is 4.11. The van der Waals surface area contributed by atoms with Crippen LogP contribution in [0.2, 0.25) is 5.02 Å². The number of benzene rings is 1. The molecule has 1 N–H and O–H groups in total. The number of carbonyl (C=O) groups excluding carboxylic acids is 1. The van der Waals surface area contributed by atoms with Crippen LogP contribution in [0.5, 0.6) is 0 Å². The number of nitrogens with one attached hydrogen (secondary N) is 1. The Kier molecular flexibility index (Phi) is 3.96. The summed E-state index contributed by atoms with van der Waals surface area (Å²) in [4.78, 5) is 12.8. The minimum atomic E-state index is -0.426. The summed E-state index contributed by atoms with van der Waals surface area (Å²) in [6.07, 6.45) is 6.39. The molecule has 1 amide bonds. The molecule has 0 spiro atoms. The molecule has 1 fully saturated rings. The number of nitrogens with zero attached hydrogens (tertiary/aromatic N) is 2. The second-order valence-electron chi connectivity index (χ2n) is 6.20. The summed E-state index contributed by atoms with van der Waals surface area (Å²) >= 11 is 5.95. The largest absolute Gasteiger partial charge is 0.323 e. The van der Waals surface area contributed by atoms with Crippen LogP contribution in [0, 0.1) is 0 Å². The van der Waals surface area contributed by atoms with E-state index in [9.17, 15) is 4.79 Å². The molecule has 0 unspecified atom stereocenters. The molecule has 0 bridgehead atoms. The molecular formula is C17H20ClN3O. The van der Waals surface area contributed by atoms with Gasteiger partial charge in [0.2, 0.25) is 5.91 Å². The first-order chi connectivity index (χ1) is 10.5. The molecule has 0 atom stereocenters. The molecule has 4 nitrogen and oxygen atoms in total. The Morgan fingerprint density at radius 3 is 2.50 bits per heavy atom. The number of hydrogen-bond acceptors (Lipinski definition) is 2. The first kappa shape index (κ1) is 15.1. The fraction of sp³-hybridized carbons (Fsp3) is 0.412. The molecule has 2 aromatic rings. The number of carbonyl (C=O) groups is 1. The van der Waals surface area contributed by atoms with E-state index in [-0.39, 0.29) is 11.9 Å². The van der Waals surface area contributed by atoms with E-state index >= 15 is 0 Å². The number of anilines is 1. The van der Waals surface area contributed by atoms with E-state index in [4.69, 9.17) is 11.6 Å². The number of rotatable bonds is 4. The monoisotopic (exact) mass is 317 g/mol. The van der Waals surface area contributed by atoms with Gasteiger partial charge in [-0.25, -0.2) is 0 Å². The van der Waals surface area contributed by atoms with Crippen molar-refractivity contribution < 1.29 is 4.79 Å². The zero-order valence-corrected chi connectivity index (χ0v) is 13.6. The normalized spacial score (nSPS) is 16.4. The number of amides is 1. The van der Waals surface area contributed by atoms with Gasteiger partial charge in [0.1, 0.15) is 0 Å². The second kappa shape index (κ2) is 5.76. The summed E-state index contributed by atoms with van der Waals surface area (Å²) in [5.41, 5.74) is 1.36. The highest BCUT2D eigenvalue weighted by Gasteiger charge is 2.45.